The van der Waals surface area contributed by atoms with Crippen molar-refractivity contribution in [3.05, 3.63) is 63.9 Å². The molecule has 0 aliphatic carbocycles. The van der Waals surface area contributed by atoms with Crippen molar-refractivity contribution < 1.29 is 42.9 Å². The van der Waals surface area contributed by atoms with Crippen LogP contribution < -0.4 is 10.1 Å². The standard InChI is InChI=1S/C19H22F2N2O3S.C4H4O4/c1-12-8-22-9-13(2)23(12)19(24)26-11-16-17(20)6-14(7-18(16)21)25-10-15-4-3-5-27-15;5-3(6)1-2-4(7)8/h3-7,12-13,22H,8-11H2,1-2H3;1-2H,(H,5,6)(H,7,8)/t12-,13+;. The number of rotatable bonds is 7. The molecule has 12 heteroatoms. The van der Waals surface area contributed by atoms with Crippen LogP contribution in [0.5, 0.6) is 5.75 Å². The van der Waals surface area contributed by atoms with Gasteiger partial charge in [-0.2, -0.15) is 0 Å². The van der Waals surface area contributed by atoms with Gasteiger partial charge in [-0.05, 0) is 25.3 Å². The third-order valence-electron chi connectivity index (χ3n) is 4.82. The molecule has 1 aliphatic heterocycles. The van der Waals surface area contributed by atoms with Gasteiger partial charge in [0.05, 0.1) is 5.56 Å². The molecule has 0 saturated carbocycles. The lowest BCUT2D eigenvalue weighted by atomic mass is 10.1. The second-order valence-electron chi connectivity index (χ2n) is 7.56. The molecule has 2 heterocycles. The van der Waals surface area contributed by atoms with E-state index in [9.17, 15) is 23.2 Å². The SMILES string of the molecule is C[C@@H]1CNC[C@H](C)N1C(=O)OCc1c(F)cc(OCc2cccs2)cc1F.O=C(O)C=CC(=O)O. The summed E-state index contributed by atoms with van der Waals surface area (Å²) < 4.78 is 39.2. The van der Waals surface area contributed by atoms with Crippen LogP contribution >= 0.6 is 11.3 Å². The normalized spacial score (nSPS) is 17.4. The zero-order chi connectivity index (χ0) is 26.0. The van der Waals surface area contributed by atoms with E-state index >= 15 is 0 Å². The molecule has 0 bridgehead atoms. The molecule has 1 amide bonds. The van der Waals surface area contributed by atoms with Gasteiger partial charge in [0.15, 0.2) is 0 Å². The van der Waals surface area contributed by atoms with E-state index in [0.717, 1.165) is 17.0 Å². The number of carbonyl (C=O) groups excluding carboxylic acids is 1. The van der Waals surface area contributed by atoms with Crippen molar-refractivity contribution in [1.82, 2.24) is 10.2 Å². The first kappa shape index (κ1) is 27.7. The molecule has 1 aromatic carbocycles. The summed E-state index contributed by atoms with van der Waals surface area (Å²) >= 11 is 1.50. The highest BCUT2D eigenvalue weighted by Gasteiger charge is 2.30. The molecule has 1 fully saturated rings. The van der Waals surface area contributed by atoms with Crippen molar-refractivity contribution in [3.63, 3.8) is 0 Å². The molecule has 3 rings (SSSR count). The molecule has 1 aliphatic rings. The van der Waals surface area contributed by atoms with Crippen molar-refractivity contribution in [3.8, 4) is 5.75 Å². The zero-order valence-electron chi connectivity index (χ0n) is 19.1. The third-order valence-corrected chi connectivity index (χ3v) is 5.67. The highest BCUT2D eigenvalue weighted by atomic mass is 32.1. The predicted molar refractivity (Wildman–Crippen MR) is 123 cm³/mol. The number of nitrogens with one attached hydrogen (secondary N) is 1. The van der Waals surface area contributed by atoms with Gasteiger partial charge in [-0.15, -0.1) is 11.3 Å². The fourth-order valence-electron chi connectivity index (χ4n) is 3.19. The number of thiophene rings is 1. The largest absolute Gasteiger partial charge is 0.488 e. The lowest BCUT2D eigenvalue weighted by molar-refractivity contribution is -0.134. The van der Waals surface area contributed by atoms with E-state index in [1.807, 2.05) is 31.4 Å². The summed E-state index contributed by atoms with van der Waals surface area (Å²) in [6, 6.07) is 5.87. The average Bonchev–Trinajstić information content (AvgIpc) is 3.30. The van der Waals surface area contributed by atoms with Crippen LogP contribution in [0.2, 0.25) is 0 Å². The van der Waals surface area contributed by atoms with Crippen LogP contribution in [0, 0.1) is 11.6 Å². The molecule has 2 atom stereocenters. The lowest BCUT2D eigenvalue weighted by Gasteiger charge is -2.38. The van der Waals surface area contributed by atoms with E-state index in [1.54, 1.807) is 4.90 Å². The van der Waals surface area contributed by atoms with Gasteiger partial charge in [0, 0.05) is 54.3 Å². The maximum absolute atomic E-state index is 14.3. The Morgan fingerprint density at radius 3 is 2.14 bits per heavy atom. The summed E-state index contributed by atoms with van der Waals surface area (Å²) in [6.07, 6.45) is 0.540. The van der Waals surface area contributed by atoms with Crippen LogP contribution in [-0.4, -0.2) is 58.3 Å². The number of carboxylic acid groups (broad SMARTS) is 2. The number of piperazine rings is 1. The molecule has 2 aromatic rings. The number of hydrogen-bond donors (Lipinski definition) is 3. The Morgan fingerprint density at radius 2 is 1.66 bits per heavy atom. The van der Waals surface area contributed by atoms with Gasteiger partial charge in [-0.25, -0.2) is 23.2 Å². The van der Waals surface area contributed by atoms with Gasteiger partial charge in [-0.3, -0.25) is 0 Å². The zero-order valence-corrected chi connectivity index (χ0v) is 19.9. The third kappa shape index (κ3) is 8.98. The van der Waals surface area contributed by atoms with Gasteiger partial charge in [0.25, 0.3) is 0 Å². The van der Waals surface area contributed by atoms with E-state index in [2.05, 4.69) is 5.32 Å². The van der Waals surface area contributed by atoms with Crippen LogP contribution in [0.25, 0.3) is 0 Å². The Hall–Kier alpha value is -3.51. The Bertz CT molecular complexity index is 997. The number of benzene rings is 1. The van der Waals surface area contributed by atoms with Gasteiger partial charge < -0.3 is 29.9 Å². The maximum Gasteiger partial charge on any atom is 0.410 e. The second-order valence-corrected chi connectivity index (χ2v) is 8.59. The predicted octanol–water partition coefficient (Wildman–Crippen LogP) is 3.64. The first-order chi connectivity index (χ1) is 16.6. The van der Waals surface area contributed by atoms with Gasteiger partial charge >= 0.3 is 18.0 Å². The quantitative estimate of drug-likeness (QED) is 0.481. The van der Waals surface area contributed by atoms with Gasteiger partial charge in [0.1, 0.15) is 30.6 Å². The second kappa shape index (κ2) is 13.4. The first-order valence-electron chi connectivity index (χ1n) is 10.5. The fourth-order valence-corrected chi connectivity index (χ4v) is 3.81. The van der Waals surface area contributed by atoms with Gasteiger partial charge in [-0.1, -0.05) is 6.07 Å². The molecule has 0 radical (unpaired) electrons. The minimum absolute atomic E-state index is 0.0519. The number of halogens is 2. The minimum atomic E-state index is -1.26. The van der Waals surface area contributed by atoms with E-state index in [-0.39, 0.29) is 30.0 Å². The summed E-state index contributed by atoms with van der Waals surface area (Å²) in [6.45, 7) is 4.86. The van der Waals surface area contributed by atoms with Crippen LogP contribution in [0.15, 0.2) is 41.8 Å². The van der Waals surface area contributed by atoms with E-state index in [0.29, 0.717) is 25.2 Å². The summed E-state index contributed by atoms with van der Waals surface area (Å²) in [5, 5.41) is 20.7. The molecular formula is C23H26F2N2O7S. The number of carbonyl (C=O) groups is 3. The van der Waals surface area contributed by atoms with Crippen LogP contribution in [0.3, 0.4) is 0 Å². The molecule has 190 valence electrons. The smallest absolute Gasteiger partial charge is 0.410 e. The van der Waals surface area contributed by atoms with Gasteiger partial charge in [0.2, 0.25) is 0 Å². The summed E-state index contributed by atoms with van der Waals surface area (Å²) in [5.41, 5.74) is -0.290. The fraction of sp³-hybridized carbons (Fsp3) is 0.348. The van der Waals surface area contributed by atoms with Crippen molar-refractivity contribution in [2.75, 3.05) is 13.1 Å². The molecule has 9 nitrogen and oxygen atoms in total. The van der Waals surface area contributed by atoms with Crippen LogP contribution in [0.1, 0.15) is 24.3 Å². The number of hydrogen-bond acceptors (Lipinski definition) is 7. The van der Waals surface area contributed by atoms with E-state index < -0.39 is 36.3 Å². The summed E-state index contributed by atoms with van der Waals surface area (Å²) in [4.78, 5) is 34.0. The van der Waals surface area contributed by atoms with Crippen molar-refractivity contribution in [1.29, 1.82) is 0 Å². The average molecular weight is 513 g/mol. The first-order valence-corrected chi connectivity index (χ1v) is 11.4. The highest BCUT2D eigenvalue weighted by molar-refractivity contribution is 7.09. The van der Waals surface area contributed by atoms with E-state index in [1.165, 1.54) is 11.3 Å². The molecule has 35 heavy (non-hydrogen) atoms. The Labute approximate surface area is 204 Å². The molecule has 1 saturated heterocycles. The monoisotopic (exact) mass is 512 g/mol. The molecule has 0 spiro atoms. The topological polar surface area (TPSA) is 125 Å². The van der Waals surface area contributed by atoms with Crippen LogP contribution in [0.4, 0.5) is 13.6 Å². The minimum Gasteiger partial charge on any atom is -0.488 e. The molecule has 1 aromatic heterocycles. The Balaban J connectivity index is 0.000000466. The number of ether oxygens (including phenoxy) is 2. The lowest BCUT2D eigenvalue weighted by Crippen LogP contribution is -2.57. The van der Waals surface area contributed by atoms with E-state index in [4.69, 9.17) is 19.7 Å². The summed E-state index contributed by atoms with van der Waals surface area (Å²) in [5.74, 6) is -4.02. The molecule has 3 N–H and O–H groups in total. The van der Waals surface area contributed by atoms with Crippen molar-refractivity contribution in [2.24, 2.45) is 0 Å². The molecule has 0 unspecified atom stereocenters. The summed E-state index contributed by atoms with van der Waals surface area (Å²) in [7, 11) is 0. The van der Waals surface area contributed by atoms with Crippen LogP contribution in [-0.2, 0) is 27.5 Å². The highest BCUT2D eigenvalue weighted by Crippen LogP contribution is 2.23. The van der Waals surface area contributed by atoms with Crippen molar-refractivity contribution >= 4 is 29.4 Å². The number of amides is 1. The number of nitrogens with zero attached hydrogens (tertiary/aromatic N) is 1. The molecular weight excluding hydrogens is 486 g/mol. The Kier molecular flexibility index (Phi) is 10.6. The Morgan fingerprint density at radius 1 is 1.09 bits per heavy atom. The van der Waals surface area contributed by atoms with Crippen molar-refractivity contribution in [2.45, 2.75) is 39.1 Å². The number of carboxylic acids is 2. The maximum atomic E-state index is 14.3. The number of aliphatic carboxylic acids is 2.